The van der Waals surface area contributed by atoms with E-state index in [0.29, 0.717) is 54.9 Å². The van der Waals surface area contributed by atoms with E-state index in [1.165, 1.54) is 16.7 Å². The van der Waals surface area contributed by atoms with Crippen LogP contribution >= 0.6 is 0 Å². The predicted octanol–water partition coefficient (Wildman–Crippen LogP) is 16.0. The van der Waals surface area contributed by atoms with E-state index in [9.17, 15) is 14.4 Å². The third-order valence-corrected chi connectivity index (χ3v) is 15.3. The van der Waals surface area contributed by atoms with Crippen LogP contribution in [0.4, 0.5) is 14.4 Å². The second-order valence-electron chi connectivity index (χ2n) is 27.0. The summed E-state index contributed by atoms with van der Waals surface area (Å²) in [6.07, 6.45) is 4.91. The van der Waals surface area contributed by atoms with Crippen LogP contribution in [0.3, 0.4) is 0 Å². The molecule has 8 atom stereocenters. The highest BCUT2D eigenvalue weighted by Gasteiger charge is 2.43. The molecule has 4 aliphatic rings. The van der Waals surface area contributed by atoms with Crippen molar-refractivity contribution in [2.24, 2.45) is 23.7 Å². The van der Waals surface area contributed by atoms with Gasteiger partial charge in [-0.15, -0.1) is 0 Å². The van der Waals surface area contributed by atoms with Crippen molar-refractivity contribution >= 4 is 18.3 Å². The van der Waals surface area contributed by atoms with Gasteiger partial charge < -0.3 is 38.8 Å². The monoisotopic (exact) mass is 1120 g/mol. The van der Waals surface area contributed by atoms with Gasteiger partial charge in [-0.2, -0.15) is 0 Å². The van der Waals surface area contributed by atoms with Crippen molar-refractivity contribution < 1.29 is 38.1 Å². The maximum atomic E-state index is 12.7. The minimum Gasteiger partial charge on any atom is -0.444 e. The molecule has 0 radical (unpaired) electrons. The zero-order valence-corrected chi connectivity index (χ0v) is 52.7. The maximum absolute atomic E-state index is 12.7. The largest absolute Gasteiger partial charge is 0.444 e. The lowest BCUT2D eigenvalue weighted by atomic mass is 9.93. The van der Waals surface area contributed by atoms with Gasteiger partial charge in [-0.05, 0) is 140 Å². The Morgan fingerprint density at radius 3 is 1.31 bits per heavy atom. The van der Waals surface area contributed by atoms with Crippen molar-refractivity contribution in [3.63, 3.8) is 0 Å². The Morgan fingerprint density at radius 2 is 0.877 bits per heavy atom. The van der Waals surface area contributed by atoms with Gasteiger partial charge in [0.2, 0.25) is 0 Å². The minimum absolute atomic E-state index is 0.0649. The lowest BCUT2D eigenvalue weighted by Crippen LogP contribution is -2.43. The molecule has 1 N–H and O–H groups in total. The molecule has 0 unspecified atom stereocenters. The Bertz CT molecular complexity index is 2450. The van der Waals surface area contributed by atoms with E-state index in [-0.39, 0.29) is 48.6 Å². The molecule has 4 aromatic rings. The van der Waals surface area contributed by atoms with Crippen LogP contribution in [0.25, 0.3) is 0 Å². The summed E-state index contributed by atoms with van der Waals surface area (Å²) in [5.74, 6) is 2.36. The van der Waals surface area contributed by atoms with E-state index in [4.69, 9.17) is 23.7 Å². The molecular weight excluding hydrogens is 1010 g/mol. The normalized spacial score (nSPS) is 22.9. The Morgan fingerprint density at radius 1 is 0.469 bits per heavy atom. The molecule has 0 spiro atoms. The summed E-state index contributed by atoms with van der Waals surface area (Å²) in [6, 6.07) is 42.7. The highest BCUT2D eigenvalue weighted by atomic mass is 16.6. The molecule has 4 aliphatic heterocycles. The van der Waals surface area contributed by atoms with Crippen LogP contribution in [0, 0.1) is 23.7 Å². The second-order valence-corrected chi connectivity index (χ2v) is 27.0. The van der Waals surface area contributed by atoms with E-state index in [0.717, 1.165) is 57.4 Å². The van der Waals surface area contributed by atoms with Gasteiger partial charge in [0, 0.05) is 43.2 Å². The molecule has 0 saturated carbocycles. The Balaban J connectivity index is 0.000000200. The van der Waals surface area contributed by atoms with Gasteiger partial charge in [0.05, 0.1) is 38.0 Å². The highest BCUT2D eigenvalue weighted by molar-refractivity contribution is 5.70. The fourth-order valence-corrected chi connectivity index (χ4v) is 11.1. The maximum Gasteiger partial charge on any atom is 0.411 e. The molecule has 4 fully saturated rings. The first-order valence-electron chi connectivity index (χ1n) is 30.2. The van der Waals surface area contributed by atoms with E-state index in [2.05, 4.69) is 134 Å². The lowest BCUT2D eigenvalue weighted by molar-refractivity contribution is 0.00986. The molecule has 4 heterocycles. The van der Waals surface area contributed by atoms with Crippen LogP contribution in [0.15, 0.2) is 121 Å². The predicted molar refractivity (Wildman–Crippen MR) is 328 cm³/mol. The van der Waals surface area contributed by atoms with Gasteiger partial charge in [-0.1, -0.05) is 177 Å². The van der Waals surface area contributed by atoms with Gasteiger partial charge in [0.15, 0.2) is 0 Å². The highest BCUT2D eigenvalue weighted by Crippen LogP contribution is 2.40. The molecule has 8 rings (SSSR count). The Hall–Kier alpha value is -5.43. The van der Waals surface area contributed by atoms with Gasteiger partial charge in [0.1, 0.15) is 16.8 Å². The smallest absolute Gasteiger partial charge is 0.411 e. The fourth-order valence-electron chi connectivity index (χ4n) is 11.1. The quantitative estimate of drug-likeness (QED) is 0.138. The number of amides is 3. The molecule has 4 saturated heterocycles. The molecule has 81 heavy (non-hydrogen) atoms. The molecule has 0 aliphatic carbocycles. The summed E-state index contributed by atoms with van der Waals surface area (Å²) >= 11 is 0. The molecule has 0 aromatic heterocycles. The first-order valence-corrected chi connectivity index (χ1v) is 30.2. The van der Waals surface area contributed by atoms with Crippen molar-refractivity contribution in [3.8, 4) is 0 Å². The number of carbonyl (C=O) groups excluding carboxylic acids is 3. The number of hydrogen-bond donors (Lipinski definition) is 1. The van der Waals surface area contributed by atoms with E-state index in [1.54, 1.807) is 0 Å². The average molecular weight is 1120 g/mol. The van der Waals surface area contributed by atoms with Gasteiger partial charge in [0.25, 0.3) is 0 Å². The van der Waals surface area contributed by atoms with Crippen molar-refractivity contribution in [2.75, 3.05) is 19.6 Å². The Labute approximate surface area is 489 Å². The number of ether oxygens (including phenoxy) is 5. The molecule has 4 aromatic carbocycles. The number of hydrogen-bond acceptors (Lipinski definition) is 9. The van der Waals surface area contributed by atoms with E-state index >= 15 is 0 Å². The van der Waals surface area contributed by atoms with Crippen molar-refractivity contribution in [1.82, 2.24) is 20.0 Å². The summed E-state index contributed by atoms with van der Waals surface area (Å²) < 4.78 is 28.7. The van der Waals surface area contributed by atoms with Crippen LogP contribution in [0.5, 0.6) is 0 Å². The number of benzene rings is 4. The standard InChI is InChI=1S/C19H29NO3.2C18H27NO2.C14H21NO/c1-14(2)17-11-16(22-13-15-9-7-6-8-10-15)12-20(17)18(21)23-19(3,4)5;1-13(2)16-11-15(14-9-7-6-8-10-14)12-19(16)17(20)21-18(3,4)5;1-13(2)15-11-12-16(14-9-7-6-8-10-14)19(15)17(20)21-18(3,4)5;1-11(2)14-8-13(9-15-14)16-10-12-6-4-3-5-7-12/h6-10,14,16-17H,11-13H2,1-5H3;2*6-10,13,15-16H,11-12H2,1-5H3;3-7,11,13-15H,8-10H2,1-2H3/t16-,17+;15-,16-;15-,16+;13-,14+/m1011/s1. The molecule has 3 amide bonds. The number of nitrogens with zero attached hydrogens (tertiary/aromatic N) is 3. The number of nitrogens with one attached hydrogen (secondary N) is 1. The third kappa shape index (κ3) is 22.0. The first kappa shape index (κ1) is 66.4. The minimum atomic E-state index is -0.471. The van der Waals surface area contributed by atoms with Crippen molar-refractivity contribution in [3.05, 3.63) is 144 Å². The van der Waals surface area contributed by atoms with Crippen molar-refractivity contribution in [1.29, 1.82) is 0 Å². The fraction of sp³-hybridized carbons (Fsp3) is 0.609. The van der Waals surface area contributed by atoms with Crippen LogP contribution in [-0.4, -0.2) is 106 Å². The number of rotatable bonds is 12. The lowest BCUT2D eigenvalue weighted by Gasteiger charge is -2.34. The molecule has 12 nitrogen and oxygen atoms in total. The molecule has 0 bridgehead atoms. The van der Waals surface area contributed by atoms with Gasteiger partial charge in [-0.25, -0.2) is 14.4 Å². The zero-order chi connectivity index (χ0) is 59.7. The Kier molecular flexibility index (Phi) is 25.2. The summed E-state index contributed by atoms with van der Waals surface area (Å²) in [4.78, 5) is 43.3. The summed E-state index contributed by atoms with van der Waals surface area (Å²) in [5, 5.41) is 3.52. The number of likely N-dealkylation sites (tertiary alicyclic amines) is 3. The van der Waals surface area contributed by atoms with Gasteiger partial charge in [-0.3, -0.25) is 4.90 Å². The van der Waals surface area contributed by atoms with E-state index in [1.807, 2.05) is 126 Å². The second kappa shape index (κ2) is 30.7. The summed E-state index contributed by atoms with van der Waals surface area (Å²) in [7, 11) is 0. The SMILES string of the molecule is CC(C)[C@@H]1C[C@@H](OCc2ccccc2)CN1.CC(C)[C@@H]1C[C@@H](OCc2ccccc2)CN1C(=O)OC(C)(C)C.CC(C)[C@@H]1C[C@H](c2ccccc2)CN1C(=O)OC(C)(C)C.CC(C)[C@H]1CC[C@@H](c2ccccc2)N1C(=O)OC(C)(C)C. The molecular formula is C69H104N4O8. The van der Waals surface area contributed by atoms with Gasteiger partial charge >= 0.3 is 18.3 Å². The number of carbonyl (C=O) groups is 3. The molecule has 12 heteroatoms. The van der Waals surface area contributed by atoms with E-state index < -0.39 is 16.8 Å². The summed E-state index contributed by atoms with van der Waals surface area (Å²) in [5.41, 5.74) is 3.56. The topological polar surface area (TPSA) is 119 Å². The van der Waals surface area contributed by atoms with Crippen LogP contribution < -0.4 is 5.32 Å². The third-order valence-electron chi connectivity index (χ3n) is 15.3. The first-order chi connectivity index (χ1) is 38.1. The average Bonchev–Trinajstić information content (AvgIpc) is 4.38. The van der Waals surface area contributed by atoms with Crippen molar-refractivity contribution in [2.45, 2.75) is 228 Å². The van der Waals surface area contributed by atoms with Crippen LogP contribution in [0.1, 0.15) is 184 Å². The molecule has 448 valence electrons. The zero-order valence-electron chi connectivity index (χ0n) is 52.7. The van der Waals surface area contributed by atoms with Crippen LogP contribution in [-0.2, 0) is 36.9 Å². The van der Waals surface area contributed by atoms with Crippen LogP contribution in [0.2, 0.25) is 0 Å². The summed E-state index contributed by atoms with van der Waals surface area (Å²) in [6.45, 7) is 38.4.